The van der Waals surface area contributed by atoms with E-state index in [4.69, 9.17) is 16.7 Å². The molecule has 6 nitrogen and oxygen atoms in total. The molecular weight excluding hydrogens is 340 g/mol. The lowest BCUT2D eigenvalue weighted by Crippen LogP contribution is -2.19. The van der Waals surface area contributed by atoms with E-state index in [1.165, 1.54) is 24.5 Å². The Hall–Kier alpha value is -2.32. The number of rotatable bonds is 5. The topological polar surface area (TPSA) is 86.7 Å². The normalized spacial score (nSPS) is 13.2. The average Bonchev–Trinajstić information content (AvgIpc) is 3.03. The van der Waals surface area contributed by atoms with Crippen molar-refractivity contribution in [3.05, 3.63) is 47.0 Å². The van der Waals surface area contributed by atoms with Gasteiger partial charge in [-0.25, -0.2) is 4.98 Å². The van der Waals surface area contributed by atoms with E-state index in [1.54, 1.807) is 13.0 Å². The van der Waals surface area contributed by atoms with Crippen molar-refractivity contribution in [2.75, 3.05) is 11.9 Å². The number of aromatic nitrogens is 4. The summed E-state index contributed by atoms with van der Waals surface area (Å²) in [6.45, 7) is 0.558. The second-order valence-corrected chi connectivity index (χ2v) is 5.63. The summed E-state index contributed by atoms with van der Waals surface area (Å²) >= 11 is 5.87. The van der Waals surface area contributed by atoms with E-state index in [1.807, 2.05) is 0 Å². The number of halogens is 3. The van der Waals surface area contributed by atoms with Gasteiger partial charge in [-0.3, -0.25) is 0 Å². The van der Waals surface area contributed by atoms with Gasteiger partial charge in [0.1, 0.15) is 12.1 Å². The highest BCUT2D eigenvalue weighted by Crippen LogP contribution is 2.30. The van der Waals surface area contributed by atoms with Gasteiger partial charge in [0.05, 0.1) is 12.4 Å². The van der Waals surface area contributed by atoms with Crippen LogP contribution in [0.3, 0.4) is 0 Å². The number of aliphatic hydroxyl groups excluding tert-OH is 1. The molecule has 24 heavy (non-hydrogen) atoms. The Morgan fingerprint density at radius 1 is 1.38 bits per heavy atom. The lowest BCUT2D eigenvalue weighted by Gasteiger charge is -2.19. The molecule has 0 aliphatic heterocycles. The maximum absolute atomic E-state index is 13.7. The maximum Gasteiger partial charge on any atom is 0.295 e. The molecule has 0 bridgehead atoms. The largest absolute Gasteiger partial charge is 0.390 e. The molecule has 0 aliphatic rings. The third-order valence-corrected chi connectivity index (χ3v) is 3.79. The van der Waals surface area contributed by atoms with Crippen LogP contribution in [-0.4, -0.2) is 31.6 Å². The molecule has 0 unspecified atom stereocenters. The number of imidazole rings is 1. The standard InChI is InChI=1S/C15H14ClF2N5O/c1-8(9-3-2-4-10(5-9)15(17,18)6-24)21-13-11-12(20-7-19-11)22-14(16)23-13/h2-5,7-8,24H,6H2,1H3,(H2,19,20,21,22,23)/t8-/m1/s1. The zero-order valence-corrected chi connectivity index (χ0v) is 13.3. The van der Waals surface area contributed by atoms with Crippen LogP contribution in [0.4, 0.5) is 14.6 Å². The maximum atomic E-state index is 13.7. The number of H-pyrrole nitrogens is 1. The minimum Gasteiger partial charge on any atom is -0.390 e. The van der Waals surface area contributed by atoms with Crippen LogP contribution in [0, 0.1) is 0 Å². The summed E-state index contributed by atoms with van der Waals surface area (Å²) in [6, 6.07) is 5.52. The first-order valence-electron chi connectivity index (χ1n) is 7.13. The van der Waals surface area contributed by atoms with Crippen LogP contribution in [0.25, 0.3) is 11.2 Å². The highest BCUT2D eigenvalue weighted by Gasteiger charge is 2.30. The van der Waals surface area contributed by atoms with Gasteiger partial charge in [0.15, 0.2) is 11.5 Å². The van der Waals surface area contributed by atoms with Crippen LogP contribution in [0.15, 0.2) is 30.6 Å². The van der Waals surface area contributed by atoms with Crippen LogP contribution in [0.1, 0.15) is 24.1 Å². The van der Waals surface area contributed by atoms with Crippen molar-refractivity contribution in [2.24, 2.45) is 0 Å². The number of fused-ring (bicyclic) bond motifs is 1. The predicted octanol–water partition coefficient (Wildman–Crippen LogP) is 3.26. The first-order chi connectivity index (χ1) is 11.4. The van der Waals surface area contributed by atoms with E-state index in [9.17, 15) is 8.78 Å². The third-order valence-electron chi connectivity index (χ3n) is 3.62. The summed E-state index contributed by atoms with van der Waals surface area (Å²) in [5, 5.41) is 12.0. The van der Waals surface area contributed by atoms with Crippen molar-refractivity contribution in [2.45, 2.75) is 18.9 Å². The van der Waals surface area contributed by atoms with E-state index in [-0.39, 0.29) is 16.9 Å². The molecule has 1 aromatic carbocycles. The Bertz CT molecular complexity index is 870. The summed E-state index contributed by atoms with van der Waals surface area (Å²) in [4.78, 5) is 15.0. The van der Waals surface area contributed by atoms with Crippen LogP contribution in [-0.2, 0) is 5.92 Å². The van der Waals surface area contributed by atoms with Gasteiger partial charge in [-0.05, 0) is 30.2 Å². The van der Waals surface area contributed by atoms with Crippen molar-refractivity contribution >= 4 is 28.6 Å². The molecule has 0 spiro atoms. The van der Waals surface area contributed by atoms with E-state index in [0.717, 1.165) is 0 Å². The molecule has 126 valence electrons. The second kappa shape index (κ2) is 6.29. The number of hydrogen-bond acceptors (Lipinski definition) is 5. The molecule has 0 amide bonds. The van der Waals surface area contributed by atoms with Crippen molar-refractivity contribution in [1.82, 2.24) is 19.9 Å². The number of alkyl halides is 2. The number of nitrogens with zero attached hydrogens (tertiary/aromatic N) is 3. The Morgan fingerprint density at radius 3 is 2.92 bits per heavy atom. The minimum atomic E-state index is -3.29. The quantitative estimate of drug-likeness (QED) is 0.613. The molecule has 0 fully saturated rings. The monoisotopic (exact) mass is 353 g/mol. The van der Waals surface area contributed by atoms with Crippen LogP contribution >= 0.6 is 11.6 Å². The van der Waals surface area contributed by atoms with Crippen molar-refractivity contribution in [3.63, 3.8) is 0 Å². The molecule has 0 saturated heterocycles. The van der Waals surface area contributed by atoms with Crippen molar-refractivity contribution < 1.29 is 13.9 Å². The predicted molar refractivity (Wildman–Crippen MR) is 86.2 cm³/mol. The summed E-state index contributed by atoms with van der Waals surface area (Å²) in [6.07, 6.45) is 1.47. The van der Waals surface area contributed by atoms with Gasteiger partial charge in [-0.2, -0.15) is 18.7 Å². The average molecular weight is 354 g/mol. The Labute approximate surface area is 140 Å². The molecule has 0 aliphatic carbocycles. The second-order valence-electron chi connectivity index (χ2n) is 5.30. The third kappa shape index (κ3) is 3.15. The smallest absolute Gasteiger partial charge is 0.295 e. The highest BCUT2D eigenvalue weighted by atomic mass is 35.5. The summed E-state index contributed by atoms with van der Waals surface area (Å²) in [5.74, 6) is -2.86. The fourth-order valence-corrected chi connectivity index (χ4v) is 2.49. The molecule has 9 heteroatoms. The summed E-state index contributed by atoms with van der Waals surface area (Å²) in [5.41, 5.74) is 1.35. The van der Waals surface area contributed by atoms with E-state index in [0.29, 0.717) is 22.5 Å². The van der Waals surface area contributed by atoms with Crippen LogP contribution in [0.5, 0.6) is 0 Å². The molecule has 2 aromatic heterocycles. The number of nitrogens with one attached hydrogen (secondary N) is 2. The molecular formula is C15H14ClF2N5O. The lowest BCUT2D eigenvalue weighted by molar-refractivity contribution is -0.0556. The highest BCUT2D eigenvalue weighted by molar-refractivity contribution is 6.28. The first-order valence-corrected chi connectivity index (χ1v) is 7.51. The molecule has 3 aromatic rings. The molecule has 3 N–H and O–H groups in total. The van der Waals surface area contributed by atoms with Gasteiger partial charge in [0, 0.05) is 5.56 Å². The Morgan fingerprint density at radius 2 is 2.17 bits per heavy atom. The summed E-state index contributed by atoms with van der Waals surface area (Å²) < 4.78 is 27.3. The Balaban J connectivity index is 1.91. The first kappa shape index (κ1) is 16.5. The van der Waals surface area contributed by atoms with Gasteiger partial charge >= 0.3 is 0 Å². The fourth-order valence-electron chi connectivity index (χ4n) is 2.33. The number of aliphatic hydroxyl groups is 1. The van der Waals surface area contributed by atoms with Gasteiger partial charge < -0.3 is 15.4 Å². The number of benzene rings is 1. The van der Waals surface area contributed by atoms with E-state index >= 15 is 0 Å². The number of anilines is 1. The van der Waals surface area contributed by atoms with Crippen molar-refractivity contribution in [1.29, 1.82) is 0 Å². The van der Waals surface area contributed by atoms with Gasteiger partial charge in [0.2, 0.25) is 5.28 Å². The van der Waals surface area contributed by atoms with E-state index < -0.39 is 12.5 Å². The fraction of sp³-hybridized carbons (Fsp3) is 0.267. The summed E-state index contributed by atoms with van der Waals surface area (Å²) in [7, 11) is 0. The minimum absolute atomic E-state index is 0.0323. The number of hydrogen-bond donors (Lipinski definition) is 3. The van der Waals surface area contributed by atoms with Gasteiger partial charge in [-0.15, -0.1) is 0 Å². The molecule has 0 saturated carbocycles. The Kier molecular flexibility index (Phi) is 4.33. The molecule has 1 atom stereocenters. The molecule has 3 rings (SSSR count). The van der Waals surface area contributed by atoms with E-state index in [2.05, 4.69) is 25.3 Å². The van der Waals surface area contributed by atoms with Gasteiger partial charge in [-0.1, -0.05) is 18.2 Å². The van der Waals surface area contributed by atoms with Crippen LogP contribution in [0.2, 0.25) is 5.28 Å². The zero-order chi connectivity index (χ0) is 17.3. The molecule has 0 radical (unpaired) electrons. The SMILES string of the molecule is C[C@@H](Nc1nc(Cl)nc2nc[nH]c12)c1cccc(C(F)(F)CO)c1. The molecule has 2 heterocycles. The van der Waals surface area contributed by atoms with Crippen LogP contribution < -0.4 is 5.32 Å². The van der Waals surface area contributed by atoms with Gasteiger partial charge in [0.25, 0.3) is 5.92 Å². The zero-order valence-electron chi connectivity index (χ0n) is 12.6. The van der Waals surface area contributed by atoms with Crippen molar-refractivity contribution in [3.8, 4) is 0 Å². The number of aromatic amines is 1. The lowest BCUT2D eigenvalue weighted by atomic mass is 10.0.